The molecule has 0 aliphatic rings. The summed E-state index contributed by atoms with van der Waals surface area (Å²) in [6.45, 7) is 0. The summed E-state index contributed by atoms with van der Waals surface area (Å²) in [6.07, 6.45) is 0. The van der Waals surface area contributed by atoms with Gasteiger partial charge in [-0.2, -0.15) is 0 Å². The van der Waals surface area contributed by atoms with Crippen LogP contribution in [0.4, 0.5) is 0 Å². The maximum atomic E-state index is 4.88. The Bertz CT molecular complexity index is 9.65. The van der Waals surface area contributed by atoms with E-state index in [-0.39, 0.29) is 24.6 Å². The Labute approximate surface area is 60.0 Å². The third-order valence-corrected chi connectivity index (χ3v) is 0. The van der Waals surface area contributed by atoms with Gasteiger partial charge in [0.05, 0.1) is 0 Å². The van der Waals surface area contributed by atoms with Crippen molar-refractivity contribution in [3.8, 4) is 0 Å². The Hall–Kier alpha value is 1.11. The molecule has 7 heavy (non-hydrogen) atoms. The predicted molar refractivity (Wildman–Crippen MR) is 31.8 cm³/mol. The molecular formula is H12Cl2N4Pt. The van der Waals surface area contributed by atoms with E-state index in [1.54, 1.807) is 0 Å². The second kappa shape index (κ2) is 59.7. The first-order valence-electron chi connectivity index (χ1n) is 0.239. The van der Waals surface area contributed by atoms with Gasteiger partial charge in [0.25, 0.3) is 0 Å². The first-order valence-corrected chi connectivity index (χ1v) is 5.87. The van der Waals surface area contributed by atoms with E-state index < -0.39 is 16.5 Å². The topological polar surface area (TPSA) is 140 Å². The van der Waals surface area contributed by atoms with E-state index in [1.807, 2.05) is 0 Å². The molecule has 0 unspecified atom stereocenters. The van der Waals surface area contributed by atoms with Crippen LogP contribution in [0.2, 0.25) is 0 Å². The molecule has 0 aromatic heterocycles. The molecule has 0 spiro atoms. The molecular weight excluding hydrogens is 322 g/mol. The van der Waals surface area contributed by atoms with Crippen molar-refractivity contribution in [1.29, 1.82) is 0 Å². The second-order valence-corrected chi connectivity index (χ2v) is 3.33. The van der Waals surface area contributed by atoms with Crippen molar-refractivity contribution < 1.29 is 16.5 Å². The molecule has 0 saturated carbocycles. The average Bonchev–Trinajstić information content (AvgIpc) is 0.918. The van der Waals surface area contributed by atoms with Gasteiger partial charge in [0.15, 0.2) is 0 Å². The van der Waals surface area contributed by atoms with Gasteiger partial charge < -0.3 is 24.6 Å². The summed E-state index contributed by atoms with van der Waals surface area (Å²) in [5, 5.41) is 0. The summed E-state index contributed by atoms with van der Waals surface area (Å²) in [6, 6.07) is 0. The van der Waals surface area contributed by atoms with Crippen molar-refractivity contribution in [2.45, 2.75) is 0 Å². The molecule has 12 N–H and O–H groups in total. The molecule has 4 nitrogen and oxygen atoms in total. The molecule has 0 atom stereocenters. The SMILES string of the molecule is N.N.N.N.[Cl][Pt][Cl]. The molecule has 0 rings (SSSR count). The van der Waals surface area contributed by atoms with Crippen LogP contribution in [-0.2, 0) is 16.5 Å². The van der Waals surface area contributed by atoms with Crippen LogP contribution < -0.4 is 24.6 Å². The number of halogens is 2. The van der Waals surface area contributed by atoms with Gasteiger partial charge in [0.1, 0.15) is 0 Å². The van der Waals surface area contributed by atoms with Crippen LogP contribution >= 0.6 is 18.8 Å². The van der Waals surface area contributed by atoms with Crippen molar-refractivity contribution in [2.75, 3.05) is 0 Å². The fourth-order valence-corrected chi connectivity index (χ4v) is 0. The van der Waals surface area contributed by atoms with E-state index >= 15 is 0 Å². The van der Waals surface area contributed by atoms with Gasteiger partial charge in [-0.25, -0.2) is 0 Å². The number of hydrogen-bond acceptors (Lipinski definition) is 4. The van der Waals surface area contributed by atoms with E-state index in [0.29, 0.717) is 0 Å². The van der Waals surface area contributed by atoms with Crippen molar-refractivity contribution in [2.24, 2.45) is 0 Å². The summed E-state index contributed by atoms with van der Waals surface area (Å²) in [5.41, 5.74) is 0. The van der Waals surface area contributed by atoms with Gasteiger partial charge in [0, 0.05) is 0 Å². The van der Waals surface area contributed by atoms with Gasteiger partial charge in [0.2, 0.25) is 0 Å². The normalized spacial score (nSPS) is 3.14. The molecule has 0 heterocycles. The van der Waals surface area contributed by atoms with Crippen molar-refractivity contribution in [3.63, 3.8) is 0 Å². The molecule has 7 heteroatoms. The molecule has 0 aliphatic heterocycles. The van der Waals surface area contributed by atoms with E-state index in [4.69, 9.17) is 18.8 Å². The summed E-state index contributed by atoms with van der Waals surface area (Å²) in [5.74, 6) is 0. The van der Waals surface area contributed by atoms with Gasteiger partial charge in [-0.15, -0.1) is 0 Å². The third-order valence-electron chi connectivity index (χ3n) is 0. The first kappa shape index (κ1) is 42.4. The van der Waals surface area contributed by atoms with Gasteiger partial charge in [-0.1, -0.05) is 0 Å². The second-order valence-electron chi connectivity index (χ2n) is 0.0452. The number of hydrogen-bond donors (Lipinski definition) is 4. The van der Waals surface area contributed by atoms with Gasteiger partial charge in [-0.05, 0) is 0 Å². The summed E-state index contributed by atoms with van der Waals surface area (Å²) in [4.78, 5) is 0. The third kappa shape index (κ3) is 151. The fraction of sp³-hybridized carbons (Fsp3) is 0. The van der Waals surface area contributed by atoms with Crippen molar-refractivity contribution in [3.05, 3.63) is 0 Å². The monoisotopic (exact) mass is 333 g/mol. The molecule has 0 saturated heterocycles. The molecule has 0 amide bonds. The Morgan fingerprint density at radius 2 is 0.714 bits per heavy atom. The van der Waals surface area contributed by atoms with Gasteiger partial charge in [-0.3, -0.25) is 0 Å². The Kier molecular flexibility index (Phi) is 361. The molecule has 0 aliphatic carbocycles. The van der Waals surface area contributed by atoms with Crippen LogP contribution in [0.25, 0.3) is 0 Å². The Balaban J connectivity index is -0.00000000333. The average molecular weight is 334 g/mol. The number of rotatable bonds is 0. The van der Waals surface area contributed by atoms with E-state index in [0.717, 1.165) is 0 Å². The van der Waals surface area contributed by atoms with Gasteiger partial charge >= 0.3 is 35.3 Å². The summed E-state index contributed by atoms with van der Waals surface area (Å²) in [7, 11) is 9.75. The van der Waals surface area contributed by atoms with Crippen LogP contribution in [0, 0.1) is 0 Å². The predicted octanol–water partition coefficient (Wildman–Crippen LogP) is 2.02. The summed E-state index contributed by atoms with van der Waals surface area (Å²) < 4.78 is 0. The minimum atomic E-state index is -0.472. The zero-order valence-corrected chi connectivity index (χ0v) is 7.68. The van der Waals surface area contributed by atoms with Crippen LogP contribution in [0.1, 0.15) is 0 Å². The molecule has 0 aromatic carbocycles. The minimum absolute atomic E-state index is 0. The molecule has 0 fully saturated rings. The summed E-state index contributed by atoms with van der Waals surface area (Å²) >= 11 is -0.472. The van der Waals surface area contributed by atoms with Crippen LogP contribution in [-0.4, -0.2) is 0 Å². The van der Waals surface area contributed by atoms with Crippen LogP contribution in [0.5, 0.6) is 0 Å². The van der Waals surface area contributed by atoms with Crippen LogP contribution in [0.3, 0.4) is 0 Å². The quantitative estimate of drug-likeness (QED) is 0.538. The van der Waals surface area contributed by atoms with Crippen LogP contribution in [0.15, 0.2) is 0 Å². The van der Waals surface area contributed by atoms with E-state index in [1.165, 1.54) is 0 Å². The first-order chi connectivity index (χ1) is 1.41. The zero-order chi connectivity index (χ0) is 2.71. The maximum absolute atomic E-state index is 4.88. The van der Waals surface area contributed by atoms with Crippen molar-refractivity contribution in [1.82, 2.24) is 24.6 Å². The fourth-order valence-electron chi connectivity index (χ4n) is 0. The Morgan fingerprint density at radius 1 is 0.714 bits per heavy atom. The molecule has 0 aromatic rings. The van der Waals surface area contributed by atoms with Crippen molar-refractivity contribution >= 4 is 18.8 Å². The molecule has 56 valence electrons. The zero-order valence-electron chi connectivity index (χ0n) is 3.90. The standard InChI is InChI=1S/2ClH.4H3N.Pt/h2*1H;4*1H3;/q;;;;;;+2/p-2. The van der Waals surface area contributed by atoms with E-state index in [2.05, 4.69) is 0 Å². The van der Waals surface area contributed by atoms with E-state index in [9.17, 15) is 0 Å². The molecule has 0 radical (unpaired) electrons. The Morgan fingerprint density at radius 3 is 0.714 bits per heavy atom. The molecule has 0 bridgehead atoms.